The number of nitrogens with zero attached hydrogens (tertiary/aromatic N) is 1. The highest BCUT2D eigenvalue weighted by atomic mass is 16.4. The summed E-state index contributed by atoms with van der Waals surface area (Å²) < 4.78 is 0. The molecular weight excluding hydrogens is 202 g/mol. The third-order valence-corrected chi connectivity index (χ3v) is 3.03. The molecule has 96 valence electrons. The number of hydrogen-bond donors (Lipinski definition) is 1. The molecule has 0 saturated heterocycles. The van der Waals surface area contributed by atoms with E-state index in [1.165, 1.54) is 0 Å². The van der Waals surface area contributed by atoms with E-state index < -0.39 is 11.4 Å². The first kappa shape index (κ1) is 15.4. The Bertz CT molecular complexity index is 216. The van der Waals surface area contributed by atoms with Gasteiger partial charge in [0.1, 0.15) is 0 Å². The summed E-state index contributed by atoms with van der Waals surface area (Å²) >= 11 is 0. The summed E-state index contributed by atoms with van der Waals surface area (Å²) in [7, 11) is 2.01. The molecule has 0 amide bonds. The monoisotopic (exact) mass is 229 g/mol. The van der Waals surface area contributed by atoms with Crippen LogP contribution in [-0.4, -0.2) is 36.1 Å². The van der Waals surface area contributed by atoms with Crippen molar-refractivity contribution in [2.45, 2.75) is 47.0 Å². The Labute approximate surface area is 99.8 Å². The third kappa shape index (κ3) is 5.50. The molecule has 1 unspecified atom stereocenters. The van der Waals surface area contributed by atoms with Crippen molar-refractivity contribution in [3.8, 4) is 0 Å². The Kier molecular flexibility index (Phi) is 6.65. The molecule has 1 atom stereocenters. The van der Waals surface area contributed by atoms with Gasteiger partial charge in [-0.3, -0.25) is 4.79 Å². The zero-order valence-electron chi connectivity index (χ0n) is 11.4. The largest absolute Gasteiger partial charge is 0.481 e. The molecule has 0 saturated carbocycles. The van der Waals surface area contributed by atoms with Gasteiger partial charge in [-0.1, -0.05) is 27.2 Å². The van der Waals surface area contributed by atoms with Crippen LogP contribution in [0.25, 0.3) is 0 Å². The van der Waals surface area contributed by atoms with Crippen molar-refractivity contribution >= 4 is 5.97 Å². The maximum atomic E-state index is 11.3. The molecule has 0 bridgehead atoms. The van der Waals surface area contributed by atoms with Crippen LogP contribution in [0.3, 0.4) is 0 Å². The molecule has 0 rings (SSSR count). The van der Waals surface area contributed by atoms with Crippen molar-refractivity contribution in [3.63, 3.8) is 0 Å². The predicted molar refractivity (Wildman–Crippen MR) is 67.6 cm³/mol. The van der Waals surface area contributed by atoms with E-state index in [4.69, 9.17) is 0 Å². The molecule has 1 N–H and O–H groups in total. The quantitative estimate of drug-likeness (QED) is 0.695. The van der Waals surface area contributed by atoms with Crippen LogP contribution in [0.5, 0.6) is 0 Å². The Balaban J connectivity index is 4.23. The second-order valence-electron chi connectivity index (χ2n) is 5.54. The van der Waals surface area contributed by atoms with Gasteiger partial charge in [0.25, 0.3) is 0 Å². The maximum absolute atomic E-state index is 11.3. The molecular formula is C13H27NO2. The lowest BCUT2D eigenvalue weighted by molar-refractivity contribution is -0.149. The van der Waals surface area contributed by atoms with Crippen LogP contribution < -0.4 is 0 Å². The van der Waals surface area contributed by atoms with Crippen LogP contribution >= 0.6 is 0 Å². The van der Waals surface area contributed by atoms with Gasteiger partial charge in [0.2, 0.25) is 0 Å². The minimum absolute atomic E-state index is 0.597. The predicted octanol–water partition coefficient (Wildman–Crippen LogP) is 2.86. The van der Waals surface area contributed by atoms with E-state index in [9.17, 15) is 9.90 Å². The molecule has 0 fully saturated rings. The molecule has 0 radical (unpaired) electrons. The Morgan fingerprint density at radius 3 is 2.38 bits per heavy atom. The van der Waals surface area contributed by atoms with E-state index in [-0.39, 0.29) is 0 Å². The number of carboxylic acid groups (broad SMARTS) is 1. The van der Waals surface area contributed by atoms with Crippen LogP contribution in [-0.2, 0) is 4.79 Å². The summed E-state index contributed by atoms with van der Waals surface area (Å²) in [6.07, 6.45) is 2.79. The molecule has 3 nitrogen and oxygen atoms in total. The first-order valence-corrected chi connectivity index (χ1v) is 6.23. The average Bonchev–Trinajstić information content (AvgIpc) is 2.14. The van der Waals surface area contributed by atoms with Gasteiger partial charge >= 0.3 is 5.97 Å². The van der Waals surface area contributed by atoms with Crippen molar-refractivity contribution in [1.29, 1.82) is 0 Å². The minimum atomic E-state index is -0.675. The highest BCUT2D eigenvalue weighted by molar-refractivity contribution is 5.74. The Morgan fingerprint density at radius 2 is 2.00 bits per heavy atom. The maximum Gasteiger partial charge on any atom is 0.310 e. The number of carboxylic acids is 1. The second kappa shape index (κ2) is 6.89. The van der Waals surface area contributed by atoms with Crippen molar-refractivity contribution in [1.82, 2.24) is 4.90 Å². The van der Waals surface area contributed by atoms with E-state index in [1.807, 2.05) is 20.9 Å². The average molecular weight is 229 g/mol. The fourth-order valence-corrected chi connectivity index (χ4v) is 1.96. The minimum Gasteiger partial charge on any atom is -0.481 e. The Hall–Kier alpha value is -0.570. The molecule has 3 heteroatoms. The summed E-state index contributed by atoms with van der Waals surface area (Å²) in [4.78, 5) is 13.4. The van der Waals surface area contributed by atoms with Gasteiger partial charge in [-0.15, -0.1) is 0 Å². The first-order valence-electron chi connectivity index (χ1n) is 6.23. The summed E-state index contributed by atoms with van der Waals surface area (Å²) in [6, 6.07) is 0. The highest BCUT2D eigenvalue weighted by Gasteiger charge is 2.33. The van der Waals surface area contributed by atoms with Crippen LogP contribution in [0.2, 0.25) is 0 Å². The van der Waals surface area contributed by atoms with E-state index in [1.54, 1.807) is 0 Å². The molecule has 0 aromatic heterocycles. The number of rotatable bonds is 8. The summed E-state index contributed by atoms with van der Waals surface area (Å²) in [5.74, 6) is -0.00421. The van der Waals surface area contributed by atoms with Crippen LogP contribution in [0.15, 0.2) is 0 Å². The fourth-order valence-electron chi connectivity index (χ4n) is 1.96. The molecule has 0 heterocycles. The van der Waals surface area contributed by atoms with Gasteiger partial charge in [-0.2, -0.15) is 0 Å². The summed E-state index contributed by atoms with van der Waals surface area (Å²) in [5, 5.41) is 9.26. The topological polar surface area (TPSA) is 40.5 Å². The van der Waals surface area contributed by atoms with Gasteiger partial charge in [-0.05, 0) is 39.3 Å². The number of hydrogen-bond acceptors (Lipinski definition) is 2. The van der Waals surface area contributed by atoms with Gasteiger partial charge in [0, 0.05) is 6.54 Å². The standard InChI is InChI=1S/C13H27NO2/c1-6-8-13(4,12(15)16)10-14(5)9-7-11(2)3/h11H,6-10H2,1-5H3,(H,15,16). The van der Waals surface area contributed by atoms with Gasteiger partial charge in [0.15, 0.2) is 0 Å². The zero-order valence-corrected chi connectivity index (χ0v) is 11.4. The van der Waals surface area contributed by atoms with Crippen LogP contribution in [0, 0.1) is 11.3 Å². The summed E-state index contributed by atoms with van der Waals surface area (Å²) in [5.41, 5.74) is -0.597. The van der Waals surface area contributed by atoms with E-state index in [0.29, 0.717) is 12.5 Å². The third-order valence-electron chi connectivity index (χ3n) is 3.03. The van der Waals surface area contributed by atoms with Crippen molar-refractivity contribution in [2.75, 3.05) is 20.1 Å². The number of aliphatic carboxylic acids is 1. The van der Waals surface area contributed by atoms with E-state index in [2.05, 4.69) is 18.7 Å². The van der Waals surface area contributed by atoms with Crippen LogP contribution in [0.1, 0.15) is 47.0 Å². The molecule has 16 heavy (non-hydrogen) atoms. The number of carbonyl (C=O) groups is 1. The zero-order chi connectivity index (χ0) is 12.8. The molecule has 0 aliphatic heterocycles. The van der Waals surface area contributed by atoms with Gasteiger partial charge < -0.3 is 10.0 Å². The van der Waals surface area contributed by atoms with Gasteiger partial charge in [-0.25, -0.2) is 0 Å². The molecule has 0 aliphatic rings. The molecule has 0 aliphatic carbocycles. The lowest BCUT2D eigenvalue weighted by atomic mass is 9.85. The SMILES string of the molecule is CCCC(C)(CN(C)CCC(C)C)C(=O)O. The Morgan fingerprint density at radius 1 is 1.44 bits per heavy atom. The lowest BCUT2D eigenvalue weighted by Crippen LogP contribution is -2.40. The smallest absolute Gasteiger partial charge is 0.310 e. The normalized spacial score (nSPS) is 15.4. The van der Waals surface area contributed by atoms with Crippen molar-refractivity contribution in [3.05, 3.63) is 0 Å². The van der Waals surface area contributed by atoms with Gasteiger partial charge in [0.05, 0.1) is 5.41 Å². The van der Waals surface area contributed by atoms with Crippen molar-refractivity contribution < 1.29 is 9.90 Å². The van der Waals surface area contributed by atoms with Crippen molar-refractivity contribution in [2.24, 2.45) is 11.3 Å². The highest BCUT2D eigenvalue weighted by Crippen LogP contribution is 2.24. The lowest BCUT2D eigenvalue weighted by Gasteiger charge is -2.30. The van der Waals surface area contributed by atoms with Crippen LogP contribution in [0.4, 0.5) is 0 Å². The fraction of sp³-hybridized carbons (Fsp3) is 0.923. The summed E-state index contributed by atoms with van der Waals surface area (Å²) in [6.45, 7) is 9.89. The second-order valence-corrected chi connectivity index (χ2v) is 5.54. The first-order chi connectivity index (χ1) is 7.31. The van der Waals surface area contributed by atoms with E-state index >= 15 is 0 Å². The van der Waals surface area contributed by atoms with E-state index in [0.717, 1.165) is 25.8 Å². The molecule has 0 aromatic rings. The molecule has 0 aromatic carbocycles. The molecule has 0 spiro atoms.